The van der Waals surface area contributed by atoms with Gasteiger partial charge >= 0.3 is 5.97 Å². The zero-order valence-corrected chi connectivity index (χ0v) is 23.6. The van der Waals surface area contributed by atoms with Gasteiger partial charge in [0.25, 0.3) is 15.9 Å². The predicted octanol–water partition coefficient (Wildman–Crippen LogP) is 4.71. The first-order valence-electron chi connectivity index (χ1n) is 12.0. The van der Waals surface area contributed by atoms with Gasteiger partial charge in [-0.3, -0.25) is 9.10 Å². The molecule has 0 saturated heterocycles. The van der Waals surface area contributed by atoms with E-state index in [0.717, 1.165) is 9.87 Å². The Morgan fingerprint density at radius 2 is 1.69 bits per heavy atom. The molecule has 9 nitrogen and oxygen atoms in total. The molecule has 0 fully saturated rings. The van der Waals surface area contributed by atoms with Crippen LogP contribution < -0.4 is 14.5 Å². The molecular formula is C28H30ClN3O6S. The molecule has 3 rings (SSSR count). The van der Waals surface area contributed by atoms with Crippen molar-refractivity contribution in [2.45, 2.75) is 38.2 Å². The summed E-state index contributed by atoms with van der Waals surface area (Å²) in [5.74, 6) is -0.674. The van der Waals surface area contributed by atoms with Crippen molar-refractivity contribution in [1.29, 1.82) is 0 Å². The van der Waals surface area contributed by atoms with E-state index in [4.69, 9.17) is 21.1 Å². The second-order valence-corrected chi connectivity index (χ2v) is 11.8. The number of rotatable bonds is 10. The number of benzene rings is 3. The van der Waals surface area contributed by atoms with E-state index in [9.17, 15) is 18.0 Å². The van der Waals surface area contributed by atoms with Crippen molar-refractivity contribution in [3.63, 3.8) is 0 Å². The Morgan fingerprint density at radius 3 is 2.31 bits per heavy atom. The van der Waals surface area contributed by atoms with Crippen molar-refractivity contribution < 1.29 is 27.5 Å². The normalized spacial score (nSPS) is 11.7. The molecule has 0 aliphatic carbocycles. The van der Waals surface area contributed by atoms with Gasteiger partial charge in [-0.05, 0) is 87.4 Å². The standard InChI is InChI=1S/C28H30ClN3O6S/c1-20-10-13-22(16-25(20)29)32(39(35,36)24-8-6-5-7-9-24)18-26(33)31-30-17-21-11-14-23(15-12-21)37-19-27(34)38-28(2,3)4/h5-17H,18-19H2,1-4H3,(H,31,33)/b30-17-. The number of amides is 1. The minimum atomic E-state index is -4.07. The lowest BCUT2D eigenvalue weighted by molar-refractivity contribution is -0.157. The van der Waals surface area contributed by atoms with Crippen LogP contribution in [0.2, 0.25) is 5.02 Å². The number of carbonyl (C=O) groups is 2. The van der Waals surface area contributed by atoms with Crippen LogP contribution >= 0.6 is 11.6 Å². The van der Waals surface area contributed by atoms with Gasteiger partial charge in [0.05, 0.1) is 16.8 Å². The maximum Gasteiger partial charge on any atom is 0.344 e. The van der Waals surface area contributed by atoms with E-state index in [1.807, 2.05) is 0 Å². The SMILES string of the molecule is Cc1ccc(N(CC(=O)N/N=C\c2ccc(OCC(=O)OC(C)(C)C)cc2)S(=O)(=O)c2ccccc2)cc1Cl. The molecule has 11 heteroatoms. The summed E-state index contributed by atoms with van der Waals surface area (Å²) in [6.07, 6.45) is 1.40. The molecule has 206 valence electrons. The Balaban J connectivity index is 1.66. The molecule has 0 aliphatic heterocycles. The maximum absolute atomic E-state index is 13.4. The summed E-state index contributed by atoms with van der Waals surface area (Å²) in [5.41, 5.74) is 3.42. The van der Waals surface area contributed by atoms with Crippen LogP contribution in [-0.4, -0.2) is 45.3 Å². The lowest BCUT2D eigenvalue weighted by Crippen LogP contribution is -2.39. The first-order valence-corrected chi connectivity index (χ1v) is 13.8. The molecule has 0 spiro atoms. The summed E-state index contributed by atoms with van der Waals surface area (Å²) in [4.78, 5) is 24.5. The minimum Gasteiger partial charge on any atom is -0.482 e. The zero-order valence-electron chi connectivity index (χ0n) is 22.0. The summed E-state index contributed by atoms with van der Waals surface area (Å²) in [7, 11) is -4.07. The molecule has 0 radical (unpaired) electrons. The van der Waals surface area contributed by atoms with Gasteiger partial charge < -0.3 is 9.47 Å². The topological polar surface area (TPSA) is 114 Å². The largest absolute Gasteiger partial charge is 0.482 e. The van der Waals surface area contributed by atoms with Gasteiger partial charge in [0.15, 0.2) is 6.61 Å². The van der Waals surface area contributed by atoms with Gasteiger partial charge in [0, 0.05) is 5.02 Å². The summed E-state index contributed by atoms with van der Waals surface area (Å²) in [6, 6.07) is 19.2. The number of hydrogen-bond donors (Lipinski definition) is 1. The van der Waals surface area contributed by atoms with Crippen LogP contribution in [0.3, 0.4) is 0 Å². The highest BCUT2D eigenvalue weighted by atomic mass is 35.5. The Bertz CT molecular complexity index is 1440. The highest BCUT2D eigenvalue weighted by molar-refractivity contribution is 7.92. The Morgan fingerprint density at radius 1 is 1.03 bits per heavy atom. The number of nitrogens with one attached hydrogen (secondary N) is 1. The highest BCUT2D eigenvalue weighted by Crippen LogP contribution is 2.28. The van der Waals surface area contributed by atoms with Crippen molar-refractivity contribution in [2.75, 3.05) is 17.5 Å². The molecule has 3 aromatic carbocycles. The molecule has 0 heterocycles. The number of aryl methyl sites for hydroxylation is 1. The summed E-state index contributed by atoms with van der Waals surface area (Å²) in [5, 5.41) is 4.30. The second-order valence-electron chi connectivity index (χ2n) is 9.50. The molecular weight excluding hydrogens is 542 g/mol. The first-order chi connectivity index (χ1) is 18.3. The molecule has 0 aromatic heterocycles. The van der Waals surface area contributed by atoms with Crippen molar-refractivity contribution >= 4 is 45.4 Å². The number of hydrogen-bond acceptors (Lipinski definition) is 7. The molecule has 1 N–H and O–H groups in total. The molecule has 0 atom stereocenters. The molecule has 39 heavy (non-hydrogen) atoms. The van der Waals surface area contributed by atoms with E-state index in [1.165, 1.54) is 24.4 Å². The lowest BCUT2D eigenvalue weighted by Gasteiger charge is -2.24. The van der Waals surface area contributed by atoms with Gasteiger partial charge in [0.2, 0.25) is 0 Å². The number of anilines is 1. The molecule has 3 aromatic rings. The molecule has 1 amide bonds. The van der Waals surface area contributed by atoms with Crippen LogP contribution in [0.4, 0.5) is 5.69 Å². The van der Waals surface area contributed by atoms with Gasteiger partial charge in [-0.25, -0.2) is 18.6 Å². The quantitative estimate of drug-likeness (QED) is 0.214. The number of sulfonamides is 1. The Hall–Kier alpha value is -3.89. The summed E-state index contributed by atoms with van der Waals surface area (Å²) < 4.78 is 38.4. The zero-order chi connectivity index (χ0) is 28.6. The predicted molar refractivity (Wildman–Crippen MR) is 151 cm³/mol. The highest BCUT2D eigenvalue weighted by Gasteiger charge is 2.27. The number of carbonyl (C=O) groups excluding carboxylic acids is 2. The van der Waals surface area contributed by atoms with E-state index in [0.29, 0.717) is 16.3 Å². The molecule has 0 saturated carbocycles. The fourth-order valence-electron chi connectivity index (χ4n) is 3.28. The monoisotopic (exact) mass is 571 g/mol. The molecule has 0 unspecified atom stereocenters. The van der Waals surface area contributed by atoms with Crippen molar-refractivity contribution in [2.24, 2.45) is 5.10 Å². The summed E-state index contributed by atoms with van der Waals surface area (Å²) in [6.45, 7) is 6.37. The van der Waals surface area contributed by atoms with Crippen LogP contribution in [0.5, 0.6) is 5.75 Å². The van der Waals surface area contributed by atoms with E-state index in [1.54, 1.807) is 82.3 Å². The van der Waals surface area contributed by atoms with E-state index in [2.05, 4.69) is 10.5 Å². The van der Waals surface area contributed by atoms with Gasteiger partial charge in [0.1, 0.15) is 17.9 Å². The van der Waals surface area contributed by atoms with Crippen LogP contribution in [0.1, 0.15) is 31.9 Å². The van der Waals surface area contributed by atoms with E-state index < -0.39 is 34.0 Å². The maximum atomic E-state index is 13.4. The van der Waals surface area contributed by atoms with E-state index >= 15 is 0 Å². The van der Waals surface area contributed by atoms with Crippen LogP contribution in [0.25, 0.3) is 0 Å². The fourth-order valence-corrected chi connectivity index (χ4v) is 4.89. The Kier molecular flexibility index (Phi) is 9.71. The number of esters is 1. The van der Waals surface area contributed by atoms with Crippen molar-refractivity contribution in [3.8, 4) is 5.75 Å². The third kappa shape index (κ3) is 8.83. The number of hydrazone groups is 1. The van der Waals surface area contributed by atoms with Crippen LogP contribution in [0.15, 0.2) is 82.8 Å². The fraction of sp³-hybridized carbons (Fsp3) is 0.250. The summed E-state index contributed by atoms with van der Waals surface area (Å²) >= 11 is 6.24. The van der Waals surface area contributed by atoms with Gasteiger partial charge in [-0.1, -0.05) is 35.9 Å². The number of ether oxygens (including phenoxy) is 2. The van der Waals surface area contributed by atoms with E-state index in [-0.39, 0.29) is 17.2 Å². The van der Waals surface area contributed by atoms with Gasteiger partial charge in [-0.2, -0.15) is 5.10 Å². The second kappa shape index (κ2) is 12.8. The molecule has 0 bridgehead atoms. The third-order valence-electron chi connectivity index (χ3n) is 5.12. The van der Waals surface area contributed by atoms with Crippen LogP contribution in [0, 0.1) is 6.92 Å². The Labute approximate surface area is 233 Å². The van der Waals surface area contributed by atoms with Crippen LogP contribution in [-0.2, 0) is 24.3 Å². The molecule has 0 aliphatic rings. The average Bonchev–Trinajstić information content (AvgIpc) is 2.88. The lowest BCUT2D eigenvalue weighted by atomic mass is 10.2. The van der Waals surface area contributed by atoms with Crippen molar-refractivity contribution in [1.82, 2.24) is 5.43 Å². The van der Waals surface area contributed by atoms with Crippen molar-refractivity contribution in [3.05, 3.63) is 88.9 Å². The number of nitrogens with zero attached hydrogens (tertiary/aromatic N) is 2. The minimum absolute atomic E-state index is 0.0342. The smallest absolute Gasteiger partial charge is 0.344 e. The first kappa shape index (κ1) is 29.7. The van der Waals surface area contributed by atoms with Gasteiger partial charge in [-0.15, -0.1) is 0 Å². The average molecular weight is 572 g/mol. The number of halogens is 1. The third-order valence-corrected chi connectivity index (χ3v) is 7.32.